The van der Waals surface area contributed by atoms with E-state index in [2.05, 4.69) is 25.8 Å². The van der Waals surface area contributed by atoms with E-state index in [0.29, 0.717) is 11.2 Å². The van der Waals surface area contributed by atoms with Crippen LogP contribution in [0, 0.1) is 6.92 Å². The molecule has 3 aromatic heterocycles. The third kappa shape index (κ3) is 2.78. The van der Waals surface area contributed by atoms with Crippen molar-refractivity contribution in [3.63, 3.8) is 0 Å². The second-order valence-electron chi connectivity index (χ2n) is 5.09. The molecule has 1 N–H and O–H groups in total. The van der Waals surface area contributed by atoms with Gasteiger partial charge in [0.05, 0.1) is 17.3 Å². The van der Waals surface area contributed by atoms with Crippen molar-refractivity contribution in [1.82, 2.24) is 30.3 Å². The predicted molar refractivity (Wildman–Crippen MR) is 80.3 cm³/mol. The molecule has 0 saturated heterocycles. The van der Waals surface area contributed by atoms with Crippen molar-refractivity contribution in [3.05, 3.63) is 53.5 Å². The molecule has 112 valence electrons. The molecule has 0 bridgehead atoms. The van der Waals surface area contributed by atoms with Crippen molar-refractivity contribution < 1.29 is 4.79 Å². The number of carbonyl (C=O) groups is 1. The largest absolute Gasteiger partial charge is 0.344 e. The smallest absolute Gasteiger partial charge is 0.253 e. The standard InChI is InChI=1S/C15H16N6O/c1-3-12(13-8-10(2)6-7-16-13)17-15(22)11-4-5-14-18-19-20-21(14)9-11/h4-9,12H,3H2,1-2H3,(H,17,22)/t12-/m1/s1. The maximum Gasteiger partial charge on any atom is 0.253 e. The van der Waals surface area contributed by atoms with E-state index in [1.54, 1.807) is 24.5 Å². The van der Waals surface area contributed by atoms with E-state index in [0.717, 1.165) is 17.7 Å². The Morgan fingerprint density at radius 1 is 1.36 bits per heavy atom. The van der Waals surface area contributed by atoms with Crippen LogP contribution in [0.5, 0.6) is 0 Å². The minimum Gasteiger partial charge on any atom is -0.344 e. The molecule has 0 radical (unpaired) electrons. The van der Waals surface area contributed by atoms with Gasteiger partial charge in [0.15, 0.2) is 5.65 Å². The lowest BCUT2D eigenvalue weighted by molar-refractivity contribution is 0.0934. The Morgan fingerprint density at radius 3 is 3.00 bits per heavy atom. The molecule has 3 rings (SSSR count). The molecule has 3 heterocycles. The van der Waals surface area contributed by atoms with Crippen LogP contribution in [0.15, 0.2) is 36.7 Å². The van der Waals surface area contributed by atoms with Crippen molar-refractivity contribution >= 4 is 11.6 Å². The molecule has 0 saturated carbocycles. The highest BCUT2D eigenvalue weighted by atomic mass is 16.1. The number of carbonyl (C=O) groups excluding carboxylic acids is 1. The summed E-state index contributed by atoms with van der Waals surface area (Å²) < 4.78 is 1.47. The van der Waals surface area contributed by atoms with Gasteiger partial charge in [0, 0.05) is 12.4 Å². The van der Waals surface area contributed by atoms with E-state index in [9.17, 15) is 4.79 Å². The lowest BCUT2D eigenvalue weighted by Gasteiger charge is -2.17. The number of nitrogens with one attached hydrogen (secondary N) is 1. The second-order valence-corrected chi connectivity index (χ2v) is 5.09. The maximum absolute atomic E-state index is 12.4. The first-order chi connectivity index (χ1) is 10.7. The van der Waals surface area contributed by atoms with Crippen LogP contribution < -0.4 is 5.32 Å². The molecule has 0 aliphatic heterocycles. The number of pyridine rings is 2. The van der Waals surface area contributed by atoms with E-state index >= 15 is 0 Å². The molecule has 0 aliphatic rings. The van der Waals surface area contributed by atoms with Crippen molar-refractivity contribution in [2.24, 2.45) is 0 Å². The molecular weight excluding hydrogens is 280 g/mol. The second kappa shape index (κ2) is 5.88. The molecule has 0 fully saturated rings. The Hall–Kier alpha value is -2.83. The molecule has 1 amide bonds. The number of hydrogen-bond acceptors (Lipinski definition) is 5. The van der Waals surface area contributed by atoms with Gasteiger partial charge in [-0.3, -0.25) is 9.78 Å². The summed E-state index contributed by atoms with van der Waals surface area (Å²) in [6.45, 7) is 4.02. The number of fused-ring (bicyclic) bond motifs is 1. The summed E-state index contributed by atoms with van der Waals surface area (Å²) in [5.74, 6) is -0.174. The quantitative estimate of drug-likeness (QED) is 0.792. The third-order valence-corrected chi connectivity index (χ3v) is 3.46. The highest BCUT2D eigenvalue weighted by Gasteiger charge is 2.16. The summed E-state index contributed by atoms with van der Waals surface area (Å²) in [5, 5.41) is 14.2. The van der Waals surface area contributed by atoms with Gasteiger partial charge < -0.3 is 5.32 Å². The normalized spacial score (nSPS) is 12.3. The first-order valence-electron chi connectivity index (χ1n) is 7.08. The fourth-order valence-electron chi connectivity index (χ4n) is 2.25. The molecule has 0 aliphatic carbocycles. The lowest BCUT2D eigenvalue weighted by Crippen LogP contribution is -2.29. The van der Waals surface area contributed by atoms with Crippen LogP contribution in [0.1, 0.15) is 41.0 Å². The molecule has 0 unspecified atom stereocenters. The number of tetrazole rings is 1. The Labute approximate surface area is 127 Å². The van der Waals surface area contributed by atoms with E-state index in [-0.39, 0.29) is 11.9 Å². The molecular formula is C15H16N6O. The van der Waals surface area contributed by atoms with Crippen LogP contribution in [0.25, 0.3) is 5.65 Å². The van der Waals surface area contributed by atoms with Crippen LogP contribution in [-0.4, -0.2) is 30.9 Å². The van der Waals surface area contributed by atoms with Crippen LogP contribution in [0.3, 0.4) is 0 Å². The van der Waals surface area contributed by atoms with Gasteiger partial charge in [0.1, 0.15) is 0 Å². The van der Waals surface area contributed by atoms with Crippen LogP contribution in [0.2, 0.25) is 0 Å². The molecule has 0 aromatic carbocycles. The van der Waals surface area contributed by atoms with Crippen LogP contribution in [-0.2, 0) is 0 Å². The van der Waals surface area contributed by atoms with Gasteiger partial charge in [-0.1, -0.05) is 6.92 Å². The molecule has 1 atom stereocenters. The number of nitrogens with zero attached hydrogens (tertiary/aromatic N) is 5. The molecule has 22 heavy (non-hydrogen) atoms. The summed E-state index contributed by atoms with van der Waals surface area (Å²) in [4.78, 5) is 16.8. The minimum atomic E-state index is -0.174. The Kier molecular flexibility index (Phi) is 3.78. The molecule has 3 aromatic rings. The van der Waals surface area contributed by atoms with Crippen molar-refractivity contribution in [2.45, 2.75) is 26.3 Å². The average molecular weight is 296 g/mol. The van der Waals surface area contributed by atoms with E-state index in [4.69, 9.17) is 0 Å². The van der Waals surface area contributed by atoms with Gasteiger partial charge in [-0.05, 0) is 53.6 Å². The van der Waals surface area contributed by atoms with Crippen LogP contribution >= 0.6 is 0 Å². The summed E-state index contributed by atoms with van der Waals surface area (Å²) in [7, 11) is 0. The first-order valence-corrected chi connectivity index (χ1v) is 7.08. The van der Waals surface area contributed by atoms with Gasteiger partial charge >= 0.3 is 0 Å². The zero-order chi connectivity index (χ0) is 15.5. The Balaban J connectivity index is 1.82. The highest BCUT2D eigenvalue weighted by Crippen LogP contribution is 2.16. The van der Waals surface area contributed by atoms with Gasteiger partial charge in [-0.15, -0.1) is 5.10 Å². The zero-order valence-corrected chi connectivity index (χ0v) is 12.4. The number of amides is 1. The highest BCUT2D eigenvalue weighted by molar-refractivity contribution is 5.94. The average Bonchev–Trinajstić information content (AvgIpc) is 2.99. The summed E-state index contributed by atoms with van der Waals surface area (Å²) >= 11 is 0. The number of aryl methyl sites for hydroxylation is 1. The van der Waals surface area contributed by atoms with Crippen molar-refractivity contribution in [2.75, 3.05) is 0 Å². The fourth-order valence-corrected chi connectivity index (χ4v) is 2.25. The summed E-state index contributed by atoms with van der Waals surface area (Å²) in [5.41, 5.74) is 3.09. The van der Waals surface area contributed by atoms with E-state index < -0.39 is 0 Å². The molecule has 0 spiro atoms. The predicted octanol–water partition coefficient (Wildman–Crippen LogP) is 1.71. The molecule has 7 heteroatoms. The lowest BCUT2D eigenvalue weighted by atomic mass is 10.1. The summed E-state index contributed by atoms with van der Waals surface area (Å²) in [6.07, 6.45) is 4.13. The number of hydrogen-bond donors (Lipinski definition) is 1. The molecule has 7 nitrogen and oxygen atoms in total. The third-order valence-electron chi connectivity index (χ3n) is 3.46. The topological polar surface area (TPSA) is 85.1 Å². The first kappa shape index (κ1) is 14.1. The SMILES string of the molecule is CC[C@@H](NC(=O)c1ccc2nnnn2c1)c1cc(C)ccn1. The fraction of sp³-hybridized carbons (Fsp3) is 0.267. The van der Waals surface area contributed by atoms with Crippen molar-refractivity contribution in [1.29, 1.82) is 0 Å². The number of rotatable bonds is 4. The maximum atomic E-state index is 12.4. The van der Waals surface area contributed by atoms with Crippen molar-refractivity contribution in [3.8, 4) is 0 Å². The zero-order valence-electron chi connectivity index (χ0n) is 12.4. The monoisotopic (exact) mass is 296 g/mol. The van der Waals surface area contributed by atoms with Gasteiger partial charge in [0.25, 0.3) is 5.91 Å². The van der Waals surface area contributed by atoms with Gasteiger partial charge in [0.2, 0.25) is 0 Å². The minimum absolute atomic E-state index is 0.128. The summed E-state index contributed by atoms with van der Waals surface area (Å²) in [6, 6.07) is 7.21. The van der Waals surface area contributed by atoms with E-state index in [1.165, 1.54) is 4.52 Å². The van der Waals surface area contributed by atoms with E-state index in [1.807, 2.05) is 26.0 Å². The number of aromatic nitrogens is 5. The van der Waals surface area contributed by atoms with Crippen LogP contribution in [0.4, 0.5) is 0 Å². The Morgan fingerprint density at radius 2 is 2.23 bits per heavy atom. The Bertz CT molecular complexity index is 812. The van der Waals surface area contributed by atoms with Gasteiger partial charge in [-0.2, -0.15) is 4.52 Å². The van der Waals surface area contributed by atoms with Gasteiger partial charge in [-0.25, -0.2) is 0 Å².